The summed E-state index contributed by atoms with van der Waals surface area (Å²) in [6.45, 7) is 0.184. The maximum absolute atomic E-state index is 13.1. The molecule has 0 aliphatic heterocycles. The summed E-state index contributed by atoms with van der Waals surface area (Å²) in [4.78, 5) is 0. The van der Waals surface area contributed by atoms with Crippen molar-refractivity contribution in [3.63, 3.8) is 0 Å². The molecule has 0 aliphatic carbocycles. The van der Waals surface area contributed by atoms with Crippen molar-refractivity contribution in [3.8, 4) is 17.1 Å². The van der Waals surface area contributed by atoms with E-state index in [1.165, 1.54) is 23.9 Å². The van der Waals surface area contributed by atoms with Crippen LogP contribution < -0.4 is 4.74 Å². The molecule has 0 spiro atoms. The number of aliphatic hydroxyl groups excluding tert-OH is 1. The molecule has 0 bridgehead atoms. The second-order valence-corrected chi connectivity index (χ2v) is 7.61. The van der Waals surface area contributed by atoms with E-state index in [0.29, 0.717) is 16.7 Å². The van der Waals surface area contributed by atoms with Crippen LogP contribution in [0.3, 0.4) is 0 Å². The van der Waals surface area contributed by atoms with Crippen LogP contribution in [0, 0.1) is 5.82 Å². The molecule has 3 aromatic carbocycles. The fourth-order valence-corrected chi connectivity index (χ4v) is 3.83. The molecule has 7 heteroatoms. The Balaban J connectivity index is 1.36. The highest BCUT2D eigenvalue weighted by Crippen LogP contribution is 2.26. The molecular formula is C22H20FN3O2S. The Morgan fingerprint density at radius 2 is 1.79 bits per heavy atom. The molecule has 29 heavy (non-hydrogen) atoms. The van der Waals surface area contributed by atoms with Crippen LogP contribution in [0.15, 0.2) is 71.9 Å². The SMILES string of the molecule is Cn1c(SCC(O)COc2cccc3ccccc23)nnc1-c1ccc(F)cc1. The molecule has 0 amide bonds. The first-order valence-electron chi connectivity index (χ1n) is 9.18. The summed E-state index contributed by atoms with van der Waals surface area (Å²) in [6.07, 6.45) is -0.662. The van der Waals surface area contributed by atoms with Crippen molar-refractivity contribution in [2.75, 3.05) is 12.4 Å². The van der Waals surface area contributed by atoms with Crippen LogP contribution in [-0.4, -0.2) is 38.3 Å². The average Bonchev–Trinajstić information content (AvgIpc) is 3.11. The normalized spacial score (nSPS) is 12.2. The third-order valence-electron chi connectivity index (χ3n) is 4.52. The molecule has 0 saturated carbocycles. The van der Waals surface area contributed by atoms with Crippen molar-refractivity contribution in [2.45, 2.75) is 11.3 Å². The van der Waals surface area contributed by atoms with Gasteiger partial charge in [-0.05, 0) is 35.7 Å². The number of aliphatic hydroxyl groups is 1. The first-order chi connectivity index (χ1) is 14.1. The third kappa shape index (κ3) is 4.41. The lowest BCUT2D eigenvalue weighted by Gasteiger charge is -2.13. The van der Waals surface area contributed by atoms with Gasteiger partial charge in [-0.2, -0.15) is 0 Å². The van der Waals surface area contributed by atoms with Gasteiger partial charge >= 0.3 is 0 Å². The monoisotopic (exact) mass is 409 g/mol. The van der Waals surface area contributed by atoms with Crippen molar-refractivity contribution < 1.29 is 14.2 Å². The highest BCUT2D eigenvalue weighted by molar-refractivity contribution is 7.99. The van der Waals surface area contributed by atoms with Crippen molar-refractivity contribution in [1.29, 1.82) is 0 Å². The van der Waals surface area contributed by atoms with Gasteiger partial charge in [-0.1, -0.05) is 48.2 Å². The Labute approximate surface area is 172 Å². The molecule has 0 fully saturated rings. The minimum atomic E-state index is -0.662. The molecule has 1 aromatic heterocycles. The number of halogens is 1. The number of hydrogen-bond acceptors (Lipinski definition) is 5. The van der Waals surface area contributed by atoms with E-state index in [1.54, 1.807) is 12.1 Å². The number of rotatable bonds is 7. The number of thioether (sulfide) groups is 1. The van der Waals surface area contributed by atoms with E-state index in [1.807, 2.05) is 54.1 Å². The fourth-order valence-electron chi connectivity index (χ4n) is 3.02. The summed E-state index contributed by atoms with van der Waals surface area (Å²) in [6, 6.07) is 20.0. The largest absolute Gasteiger partial charge is 0.490 e. The van der Waals surface area contributed by atoms with Gasteiger partial charge in [0.15, 0.2) is 11.0 Å². The predicted molar refractivity (Wildman–Crippen MR) is 113 cm³/mol. The fraction of sp³-hybridized carbons (Fsp3) is 0.182. The van der Waals surface area contributed by atoms with E-state index in [-0.39, 0.29) is 12.4 Å². The van der Waals surface area contributed by atoms with E-state index in [4.69, 9.17) is 4.74 Å². The summed E-state index contributed by atoms with van der Waals surface area (Å²) in [5.41, 5.74) is 0.785. The van der Waals surface area contributed by atoms with Crippen LogP contribution in [0.25, 0.3) is 22.2 Å². The second kappa shape index (κ2) is 8.63. The van der Waals surface area contributed by atoms with Gasteiger partial charge in [0.05, 0.1) is 6.10 Å². The molecule has 1 N–H and O–H groups in total. The summed E-state index contributed by atoms with van der Waals surface area (Å²) in [5, 5.41) is 21.5. The van der Waals surface area contributed by atoms with Crippen LogP contribution in [0.4, 0.5) is 4.39 Å². The smallest absolute Gasteiger partial charge is 0.191 e. The lowest BCUT2D eigenvalue weighted by atomic mass is 10.1. The van der Waals surface area contributed by atoms with E-state index >= 15 is 0 Å². The first-order valence-corrected chi connectivity index (χ1v) is 10.2. The number of benzene rings is 3. The number of ether oxygens (including phenoxy) is 1. The number of aromatic nitrogens is 3. The Morgan fingerprint density at radius 3 is 2.62 bits per heavy atom. The second-order valence-electron chi connectivity index (χ2n) is 6.63. The maximum atomic E-state index is 13.1. The van der Waals surface area contributed by atoms with Gasteiger partial charge in [-0.25, -0.2) is 4.39 Å². The molecule has 4 aromatic rings. The summed E-state index contributed by atoms with van der Waals surface area (Å²) in [5.74, 6) is 1.53. The maximum Gasteiger partial charge on any atom is 0.191 e. The Kier molecular flexibility index (Phi) is 5.78. The van der Waals surface area contributed by atoms with Crippen LogP contribution in [-0.2, 0) is 7.05 Å². The molecule has 0 aliphatic rings. The van der Waals surface area contributed by atoms with Crippen LogP contribution in [0.5, 0.6) is 5.75 Å². The van der Waals surface area contributed by atoms with Crippen LogP contribution in [0.2, 0.25) is 0 Å². The summed E-state index contributed by atoms with van der Waals surface area (Å²) < 4.78 is 20.8. The molecule has 4 rings (SSSR count). The molecule has 1 atom stereocenters. The van der Waals surface area contributed by atoms with Crippen molar-refractivity contribution in [2.24, 2.45) is 7.05 Å². The Morgan fingerprint density at radius 1 is 1.03 bits per heavy atom. The van der Waals surface area contributed by atoms with E-state index in [2.05, 4.69) is 10.2 Å². The molecule has 0 radical (unpaired) electrons. The Bertz CT molecular complexity index is 1110. The zero-order chi connectivity index (χ0) is 20.2. The number of hydrogen-bond donors (Lipinski definition) is 1. The number of fused-ring (bicyclic) bond motifs is 1. The van der Waals surface area contributed by atoms with Gasteiger partial charge in [-0.3, -0.25) is 0 Å². The summed E-state index contributed by atoms with van der Waals surface area (Å²) in [7, 11) is 1.85. The molecule has 1 heterocycles. The highest BCUT2D eigenvalue weighted by Gasteiger charge is 2.14. The van der Waals surface area contributed by atoms with Crippen molar-refractivity contribution in [3.05, 3.63) is 72.5 Å². The standard InChI is InChI=1S/C22H20FN3O2S/c1-26-21(16-9-11-17(23)12-10-16)24-25-22(26)29-14-18(27)13-28-20-8-4-6-15-5-2-3-7-19(15)20/h2-12,18,27H,13-14H2,1H3. The van der Waals surface area contributed by atoms with Crippen molar-refractivity contribution in [1.82, 2.24) is 14.8 Å². The third-order valence-corrected chi connectivity index (χ3v) is 5.69. The molecule has 148 valence electrons. The van der Waals surface area contributed by atoms with Gasteiger partial charge in [0, 0.05) is 23.8 Å². The minimum absolute atomic E-state index is 0.184. The minimum Gasteiger partial charge on any atom is -0.490 e. The zero-order valence-electron chi connectivity index (χ0n) is 15.8. The van der Waals surface area contributed by atoms with Crippen LogP contribution >= 0.6 is 11.8 Å². The first kappa shape index (κ1) is 19.4. The molecular weight excluding hydrogens is 389 g/mol. The number of nitrogens with zero attached hydrogens (tertiary/aromatic N) is 3. The lowest BCUT2D eigenvalue weighted by molar-refractivity contribution is 0.127. The Hall–Kier alpha value is -2.90. The van der Waals surface area contributed by atoms with Gasteiger partial charge in [0.1, 0.15) is 18.2 Å². The molecule has 0 saturated heterocycles. The van der Waals surface area contributed by atoms with Gasteiger partial charge < -0.3 is 14.4 Å². The van der Waals surface area contributed by atoms with E-state index < -0.39 is 6.10 Å². The van der Waals surface area contributed by atoms with Crippen molar-refractivity contribution >= 4 is 22.5 Å². The van der Waals surface area contributed by atoms with E-state index in [9.17, 15) is 9.50 Å². The zero-order valence-corrected chi connectivity index (χ0v) is 16.6. The topological polar surface area (TPSA) is 60.2 Å². The van der Waals surface area contributed by atoms with E-state index in [0.717, 1.165) is 22.1 Å². The lowest BCUT2D eigenvalue weighted by Crippen LogP contribution is -2.20. The van der Waals surface area contributed by atoms with Gasteiger partial charge in [0.25, 0.3) is 0 Å². The quantitative estimate of drug-likeness (QED) is 0.461. The highest BCUT2D eigenvalue weighted by atomic mass is 32.2. The molecule has 5 nitrogen and oxygen atoms in total. The van der Waals surface area contributed by atoms with Gasteiger partial charge in [0.2, 0.25) is 0 Å². The average molecular weight is 409 g/mol. The van der Waals surface area contributed by atoms with Gasteiger partial charge in [-0.15, -0.1) is 10.2 Å². The molecule has 1 unspecified atom stereocenters. The predicted octanol–water partition coefficient (Wildman–Crippen LogP) is 4.31. The van der Waals surface area contributed by atoms with Crippen LogP contribution in [0.1, 0.15) is 0 Å². The summed E-state index contributed by atoms with van der Waals surface area (Å²) >= 11 is 1.40.